The van der Waals surface area contributed by atoms with Gasteiger partial charge in [-0.1, -0.05) is 42.5 Å². The van der Waals surface area contributed by atoms with E-state index in [1.54, 1.807) is 6.07 Å². The van der Waals surface area contributed by atoms with Crippen LogP contribution in [0.1, 0.15) is 28.3 Å². The maximum atomic E-state index is 9.91. The first-order valence-corrected chi connectivity index (χ1v) is 7.46. The number of guanidine groups is 1. The number of fused-ring (bicyclic) bond motifs is 2. The molecular formula is C18H17N3O. The Kier molecular flexibility index (Phi) is 3.07. The summed E-state index contributed by atoms with van der Waals surface area (Å²) in [7, 11) is 0. The first-order chi connectivity index (χ1) is 10.8. The van der Waals surface area contributed by atoms with Crippen molar-refractivity contribution in [1.82, 2.24) is 10.6 Å². The SMILES string of the molecule is Oc1ccc2c(c1)C(NC1=NCCN1)c1ccccc1C=C2. The zero-order valence-corrected chi connectivity index (χ0v) is 12.1. The van der Waals surface area contributed by atoms with Gasteiger partial charge in [-0.05, 0) is 34.4 Å². The molecule has 0 amide bonds. The van der Waals surface area contributed by atoms with E-state index < -0.39 is 0 Å². The Hall–Kier alpha value is -2.75. The largest absolute Gasteiger partial charge is 0.508 e. The summed E-state index contributed by atoms with van der Waals surface area (Å²) in [5.74, 6) is 1.09. The highest BCUT2D eigenvalue weighted by Gasteiger charge is 2.23. The molecule has 3 N–H and O–H groups in total. The van der Waals surface area contributed by atoms with Crippen molar-refractivity contribution in [3.63, 3.8) is 0 Å². The fourth-order valence-electron chi connectivity index (χ4n) is 3.02. The fraction of sp³-hybridized carbons (Fsp3) is 0.167. The highest BCUT2D eigenvalue weighted by atomic mass is 16.3. The lowest BCUT2D eigenvalue weighted by atomic mass is 9.94. The molecule has 0 aromatic heterocycles. The number of phenols is 1. The van der Waals surface area contributed by atoms with Crippen molar-refractivity contribution >= 4 is 18.1 Å². The third-order valence-electron chi connectivity index (χ3n) is 4.09. The van der Waals surface area contributed by atoms with E-state index in [-0.39, 0.29) is 11.8 Å². The van der Waals surface area contributed by atoms with Crippen LogP contribution in [0.3, 0.4) is 0 Å². The summed E-state index contributed by atoms with van der Waals surface area (Å²) >= 11 is 0. The molecule has 1 unspecified atom stereocenters. The number of nitrogens with zero attached hydrogens (tertiary/aromatic N) is 1. The molecule has 1 aliphatic carbocycles. The molecule has 1 atom stereocenters. The first kappa shape index (κ1) is 13.0. The van der Waals surface area contributed by atoms with Crippen LogP contribution < -0.4 is 10.6 Å². The van der Waals surface area contributed by atoms with Crippen LogP contribution in [0.15, 0.2) is 47.5 Å². The molecule has 0 fully saturated rings. The van der Waals surface area contributed by atoms with E-state index in [2.05, 4.69) is 39.9 Å². The molecule has 2 aromatic carbocycles. The van der Waals surface area contributed by atoms with Gasteiger partial charge in [0, 0.05) is 6.54 Å². The molecule has 2 aromatic rings. The Bertz CT molecular complexity index is 780. The minimum Gasteiger partial charge on any atom is -0.508 e. The average molecular weight is 291 g/mol. The smallest absolute Gasteiger partial charge is 0.192 e. The molecule has 110 valence electrons. The zero-order valence-electron chi connectivity index (χ0n) is 12.1. The van der Waals surface area contributed by atoms with Gasteiger partial charge < -0.3 is 15.7 Å². The van der Waals surface area contributed by atoms with Crippen LogP contribution in [0, 0.1) is 0 Å². The van der Waals surface area contributed by atoms with Gasteiger partial charge in [-0.25, -0.2) is 0 Å². The van der Waals surface area contributed by atoms with Crippen molar-refractivity contribution in [1.29, 1.82) is 0 Å². The normalized spacial score (nSPS) is 18.7. The van der Waals surface area contributed by atoms with E-state index in [1.807, 2.05) is 24.3 Å². The molecule has 0 saturated carbocycles. The van der Waals surface area contributed by atoms with Crippen molar-refractivity contribution in [3.8, 4) is 5.75 Å². The number of nitrogens with one attached hydrogen (secondary N) is 2. The number of phenolic OH excluding ortho intramolecular Hbond substituents is 1. The summed E-state index contributed by atoms with van der Waals surface area (Å²) in [5, 5.41) is 16.7. The molecule has 2 aliphatic rings. The highest BCUT2D eigenvalue weighted by molar-refractivity contribution is 5.84. The molecule has 0 spiro atoms. The van der Waals surface area contributed by atoms with Gasteiger partial charge in [-0.2, -0.15) is 0 Å². The summed E-state index contributed by atoms with van der Waals surface area (Å²) in [6.07, 6.45) is 4.22. The standard InChI is InChI=1S/C18H17N3O/c22-14-8-7-13-6-5-12-3-1-2-4-15(12)17(16(13)11-14)21-18-19-9-10-20-18/h1-8,11,17,22H,9-10H2,(H2,19,20,21). The molecule has 0 radical (unpaired) electrons. The average Bonchev–Trinajstić information content (AvgIpc) is 3.00. The summed E-state index contributed by atoms with van der Waals surface area (Å²) in [6.45, 7) is 1.66. The maximum absolute atomic E-state index is 9.91. The molecule has 1 heterocycles. The van der Waals surface area contributed by atoms with Crippen molar-refractivity contribution in [3.05, 3.63) is 64.7 Å². The number of hydrogen-bond donors (Lipinski definition) is 3. The summed E-state index contributed by atoms with van der Waals surface area (Å²) in [4.78, 5) is 4.44. The van der Waals surface area contributed by atoms with Crippen LogP contribution in [0.5, 0.6) is 5.75 Å². The molecule has 22 heavy (non-hydrogen) atoms. The van der Waals surface area contributed by atoms with Crippen LogP contribution in [0.25, 0.3) is 12.2 Å². The predicted octanol–water partition coefficient (Wildman–Crippen LogP) is 2.51. The number of hydrogen-bond acceptors (Lipinski definition) is 4. The van der Waals surface area contributed by atoms with Crippen molar-refractivity contribution in [2.24, 2.45) is 4.99 Å². The Labute approximate surface area is 129 Å². The van der Waals surface area contributed by atoms with E-state index in [0.717, 1.165) is 30.2 Å². The van der Waals surface area contributed by atoms with Gasteiger partial charge in [0.2, 0.25) is 0 Å². The Morgan fingerprint density at radius 1 is 1.05 bits per heavy atom. The van der Waals surface area contributed by atoms with Crippen molar-refractivity contribution < 1.29 is 5.11 Å². The van der Waals surface area contributed by atoms with Crippen molar-refractivity contribution in [2.75, 3.05) is 13.1 Å². The lowest BCUT2D eigenvalue weighted by Gasteiger charge is -2.23. The van der Waals surface area contributed by atoms with Gasteiger partial charge in [-0.15, -0.1) is 0 Å². The number of benzene rings is 2. The number of aromatic hydroxyl groups is 1. The second kappa shape index (κ2) is 5.22. The molecule has 4 heteroatoms. The quantitative estimate of drug-likeness (QED) is 0.756. The molecule has 0 saturated heterocycles. The van der Waals surface area contributed by atoms with E-state index in [1.165, 1.54) is 11.1 Å². The van der Waals surface area contributed by atoms with Crippen LogP contribution in [0.4, 0.5) is 0 Å². The minimum atomic E-state index is -0.0438. The van der Waals surface area contributed by atoms with Crippen LogP contribution >= 0.6 is 0 Å². The lowest BCUT2D eigenvalue weighted by Crippen LogP contribution is -2.37. The third kappa shape index (κ3) is 2.22. The number of aliphatic imine (C=N–C) groups is 1. The lowest BCUT2D eigenvalue weighted by molar-refractivity contribution is 0.474. The zero-order chi connectivity index (χ0) is 14.9. The molecule has 0 bridgehead atoms. The predicted molar refractivity (Wildman–Crippen MR) is 88.8 cm³/mol. The van der Waals surface area contributed by atoms with Crippen LogP contribution in [0.2, 0.25) is 0 Å². The summed E-state index contributed by atoms with van der Waals surface area (Å²) in [5.41, 5.74) is 4.51. The van der Waals surface area contributed by atoms with Gasteiger partial charge in [0.15, 0.2) is 5.96 Å². The van der Waals surface area contributed by atoms with E-state index >= 15 is 0 Å². The highest BCUT2D eigenvalue weighted by Crippen LogP contribution is 2.34. The molecule has 4 rings (SSSR count). The fourth-order valence-corrected chi connectivity index (χ4v) is 3.02. The van der Waals surface area contributed by atoms with Gasteiger partial charge in [-0.3, -0.25) is 4.99 Å². The molecule has 4 nitrogen and oxygen atoms in total. The second-order valence-corrected chi connectivity index (χ2v) is 5.51. The van der Waals surface area contributed by atoms with Gasteiger partial charge in [0.25, 0.3) is 0 Å². The van der Waals surface area contributed by atoms with Gasteiger partial charge in [0.05, 0.1) is 12.6 Å². The van der Waals surface area contributed by atoms with Gasteiger partial charge in [0.1, 0.15) is 5.75 Å². The maximum Gasteiger partial charge on any atom is 0.192 e. The van der Waals surface area contributed by atoms with E-state index in [4.69, 9.17) is 0 Å². The topological polar surface area (TPSA) is 56.6 Å². The van der Waals surface area contributed by atoms with E-state index in [9.17, 15) is 5.11 Å². The molecule has 1 aliphatic heterocycles. The van der Waals surface area contributed by atoms with Crippen LogP contribution in [-0.2, 0) is 0 Å². The van der Waals surface area contributed by atoms with Crippen molar-refractivity contribution in [2.45, 2.75) is 6.04 Å². The Balaban J connectivity index is 1.86. The van der Waals surface area contributed by atoms with Crippen LogP contribution in [-0.4, -0.2) is 24.2 Å². The second-order valence-electron chi connectivity index (χ2n) is 5.51. The Morgan fingerprint density at radius 2 is 1.86 bits per heavy atom. The minimum absolute atomic E-state index is 0.0438. The summed E-state index contributed by atoms with van der Waals surface area (Å²) in [6, 6.07) is 13.8. The van der Waals surface area contributed by atoms with E-state index in [0.29, 0.717) is 0 Å². The third-order valence-corrected chi connectivity index (χ3v) is 4.09. The summed E-state index contributed by atoms with van der Waals surface area (Å²) < 4.78 is 0. The number of rotatable bonds is 1. The first-order valence-electron chi connectivity index (χ1n) is 7.46. The Morgan fingerprint density at radius 3 is 2.68 bits per heavy atom. The van der Waals surface area contributed by atoms with Gasteiger partial charge >= 0.3 is 0 Å². The monoisotopic (exact) mass is 291 g/mol. The molecular weight excluding hydrogens is 274 g/mol.